The Bertz CT molecular complexity index is 466. The van der Waals surface area contributed by atoms with Gasteiger partial charge in [-0.3, -0.25) is 0 Å². The van der Waals surface area contributed by atoms with E-state index in [4.69, 9.17) is 5.73 Å². The maximum atomic E-state index is 9.50. The van der Waals surface area contributed by atoms with Crippen LogP contribution in [0.5, 0.6) is 5.75 Å². The molecule has 0 aliphatic rings. The smallest absolute Gasteiger partial charge is 0.141 e. The van der Waals surface area contributed by atoms with Crippen molar-refractivity contribution in [3.8, 4) is 5.75 Å². The second-order valence-corrected chi connectivity index (χ2v) is 3.02. The number of phenols is 1. The van der Waals surface area contributed by atoms with Gasteiger partial charge in [-0.2, -0.15) is 0 Å². The van der Waals surface area contributed by atoms with E-state index in [0.29, 0.717) is 11.2 Å². The van der Waals surface area contributed by atoms with Crippen LogP contribution in [0.1, 0.15) is 5.69 Å². The summed E-state index contributed by atoms with van der Waals surface area (Å²) in [7, 11) is 0. The second kappa shape index (κ2) is 2.62. The van der Waals surface area contributed by atoms with Crippen molar-refractivity contribution in [3.63, 3.8) is 0 Å². The van der Waals surface area contributed by atoms with Gasteiger partial charge in [0.05, 0.1) is 0 Å². The van der Waals surface area contributed by atoms with Gasteiger partial charge >= 0.3 is 0 Å². The summed E-state index contributed by atoms with van der Waals surface area (Å²) in [4.78, 5) is 4.21. The molecule has 3 nitrogen and oxygen atoms in total. The molecule has 0 spiro atoms. The lowest BCUT2D eigenvalue weighted by Crippen LogP contribution is -1.90. The van der Waals surface area contributed by atoms with E-state index in [9.17, 15) is 5.11 Å². The molecule has 1 aromatic carbocycles. The van der Waals surface area contributed by atoms with E-state index in [2.05, 4.69) is 4.98 Å². The molecule has 2 rings (SSSR count). The third-order valence-electron chi connectivity index (χ3n) is 2.01. The summed E-state index contributed by atoms with van der Waals surface area (Å²) in [5.74, 6) is 0.174. The lowest BCUT2D eigenvalue weighted by atomic mass is 10.1. The predicted molar refractivity (Wildman–Crippen MR) is 52.6 cm³/mol. The summed E-state index contributed by atoms with van der Waals surface area (Å²) in [5, 5.41) is 10.3. The highest BCUT2D eigenvalue weighted by molar-refractivity contribution is 5.94. The Morgan fingerprint density at radius 2 is 2.00 bits per heavy atom. The highest BCUT2D eigenvalue weighted by atomic mass is 16.3. The van der Waals surface area contributed by atoms with Crippen LogP contribution < -0.4 is 5.73 Å². The minimum absolute atomic E-state index is 0.174. The largest absolute Gasteiger partial charge is 0.506 e. The van der Waals surface area contributed by atoms with Gasteiger partial charge in [0.15, 0.2) is 0 Å². The quantitative estimate of drug-likeness (QED) is 0.473. The van der Waals surface area contributed by atoms with Gasteiger partial charge in [0.1, 0.15) is 11.3 Å². The van der Waals surface area contributed by atoms with Crippen molar-refractivity contribution in [3.05, 3.63) is 30.0 Å². The molecular weight excluding hydrogens is 164 g/mol. The zero-order valence-corrected chi connectivity index (χ0v) is 7.28. The van der Waals surface area contributed by atoms with Crippen LogP contribution in [0.15, 0.2) is 24.3 Å². The fourth-order valence-corrected chi connectivity index (χ4v) is 1.32. The maximum absolute atomic E-state index is 9.50. The predicted octanol–water partition coefficient (Wildman–Crippen LogP) is 1.83. The first-order valence-corrected chi connectivity index (χ1v) is 4.03. The molecule has 0 aliphatic heterocycles. The number of hydrogen-bond donors (Lipinski definition) is 2. The molecule has 1 heterocycles. The van der Waals surface area contributed by atoms with Gasteiger partial charge in [-0.05, 0) is 31.2 Å². The number of rotatable bonds is 0. The van der Waals surface area contributed by atoms with E-state index in [-0.39, 0.29) is 5.75 Å². The zero-order chi connectivity index (χ0) is 9.42. The van der Waals surface area contributed by atoms with Crippen LogP contribution in [0.4, 0.5) is 5.69 Å². The first-order valence-electron chi connectivity index (χ1n) is 4.03. The van der Waals surface area contributed by atoms with Gasteiger partial charge in [-0.25, -0.2) is 4.98 Å². The summed E-state index contributed by atoms with van der Waals surface area (Å²) < 4.78 is 0. The molecule has 3 heteroatoms. The molecule has 0 atom stereocenters. The molecule has 0 bridgehead atoms. The molecule has 0 unspecified atom stereocenters. The van der Waals surface area contributed by atoms with Gasteiger partial charge in [0.2, 0.25) is 0 Å². The minimum atomic E-state index is 0.174. The Hall–Kier alpha value is -1.77. The molecule has 0 amide bonds. The average Bonchev–Trinajstić information content (AvgIpc) is 2.12. The van der Waals surface area contributed by atoms with E-state index in [1.165, 1.54) is 0 Å². The molecule has 66 valence electrons. The number of anilines is 1. The number of aryl methyl sites for hydroxylation is 1. The van der Waals surface area contributed by atoms with Crippen molar-refractivity contribution in [2.45, 2.75) is 6.92 Å². The average molecular weight is 174 g/mol. The molecule has 3 N–H and O–H groups in total. The van der Waals surface area contributed by atoms with Crippen LogP contribution in [0.2, 0.25) is 0 Å². The van der Waals surface area contributed by atoms with Gasteiger partial charge in [-0.1, -0.05) is 0 Å². The van der Waals surface area contributed by atoms with E-state index < -0.39 is 0 Å². The maximum Gasteiger partial charge on any atom is 0.141 e. The van der Waals surface area contributed by atoms with Crippen molar-refractivity contribution in [2.75, 3.05) is 5.73 Å². The SMILES string of the molecule is Cc1ccc2c(N)ccc(O)c2n1. The summed E-state index contributed by atoms with van der Waals surface area (Å²) in [5.41, 5.74) is 7.80. The zero-order valence-electron chi connectivity index (χ0n) is 7.28. The van der Waals surface area contributed by atoms with Crippen molar-refractivity contribution in [1.29, 1.82) is 0 Å². The summed E-state index contributed by atoms with van der Waals surface area (Å²) in [6, 6.07) is 6.98. The minimum Gasteiger partial charge on any atom is -0.506 e. The Morgan fingerprint density at radius 3 is 2.77 bits per heavy atom. The van der Waals surface area contributed by atoms with Crippen molar-refractivity contribution in [1.82, 2.24) is 4.98 Å². The van der Waals surface area contributed by atoms with Gasteiger partial charge < -0.3 is 10.8 Å². The van der Waals surface area contributed by atoms with Gasteiger partial charge in [-0.15, -0.1) is 0 Å². The summed E-state index contributed by atoms with van der Waals surface area (Å²) in [6.07, 6.45) is 0. The Morgan fingerprint density at radius 1 is 1.23 bits per heavy atom. The van der Waals surface area contributed by atoms with Crippen LogP contribution in [0, 0.1) is 6.92 Å². The number of phenolic OH excluding ortho intramolecular Hbond substituents is 1. The number of nitrogens with zero attached hydrogens (tertiary/aromatic N) is 1. The number of nitrogen functional groups attached to an aromatic ring is 1. The van der Waals surface area contributed by atoms with Crippen LogP contribution in [-0.2, 0) is 0 Å². The van der Waals surface area contributed by atoms with Crippen molar-refractivity contribution < 1.29 is 5.11 Å². The molecule has 0 saturated heterocycles. The second-order valence-electron chi connectivity index (χ2n) is 3.02. The Labute approximate surface area is 75.8 Å². The molecule has 0 saturated carbocycles. The van der Waals surface area contributed by atoms with Crippen LogP contribution >= 0.6 is 0 Å². The van der Waals surface area contributed by atoms with E-state index in [1.54, 1.807) is 12.1 Å². The van der Waals surface area contributed by atoms with Crippen LogP contribution in [-0.4, -0.2) is 10.1 Å². The number of aromatic nitrogens is 1. The first kappa shape index (κ1) is 7.86. The highest BCUT2D eigenvalue weighted by Crippen LogP contribution is 2.27. The Balaban J connectivity index is 2.92. The van der Waals surface area contributed by atoms with E-state index >= 15 is 0 Å². The monoisotopic (exact) mass is 174 g/mol. The molecule has 0 fully saturated rings. The number of nitrogens with two attached hydrogens (primary N) is 1. The number of aromatic hydroxyl groups is 1. The molecular formula is C10H10N2O. The molecule has 0 aliphatic carbocycles. The summed E-state index contributed by atoms with van der Waals surface area (Å²) >= 11 is 0. The van der Waals surface area contributed by atoms with Gasteiger partial charge in [0, 0.05) is 16.8 Å². The van der Waals surface area contributed by atoms with Gasteiger partial charge in [0.25, 0.3) is 0 Å². The summed E-state index contributed by atoms with van der Waals surface area (Å²) in [6.45, 7) is 1.88. The van der Waals surface area contributed by atoms with Crippen molar-refractivity contribution in [2.24, 2.45) is 0 Å². The highest BCUT2D eigenvalue weighted by Gasteiger charge is 2.03. The fourth-order valence-electron chi connectivity index (χ4n) is 1.32. The lowest BCUT2D eigenvalue weighted by Gasteiger charge is -2.03. The van der Waals surface area contributed by atoms with E-state index in [1.807, 2.05) is 19.1 Å². The number of fused-ring (bicyclic) bond motifs is 1. The molecule has 2 aromatic rings. The standard InChI is InChI=1S/C10H10N2O/c1-6-2-3-7-8(11)4-5-9(13)10(7)12-6/h2-5,13H,11H2,1H3. The topological polar surface area (TPSA) is 59.1 Å². The molecule has 0 radical (unpaired) electrons. The third-order valence-corrected chi connectivity index (χ3v) is 2.01. The third kappa shape index (κ3) is 1.18. The first-order chi connectivity index (χ1) is 6.18. The normalized spacial score (nSPS) is 10.5. The van der Waals surface area contributed by atoms with Crippen LogP contribution in [0.3, 0.4) is 0 Å². The lowest BCUT2D eigenvalue weighted by molar-refractivity contribution is 0.480. The number of hydrogen-bond acceptors (Lipinski definition) is 3. The molecule has 13 heavy (non-hydrogen) atoms. The van der Waals surface area contributed by atoms with E-state index in [0.717, 1.165) is 11.1 Å². The number of benzene rings is 1. The molecule has 1 aromatic heterocycles. The Kier molecular flexibility index (Phi) is 1.59. The fraction of sp³-hybridized carbons (Fsp3) is 0.100. The van der Waals surface area contributed by atoms with Crippen LogP contribution in [0.25, 0.3) is 10.9 Å². The number of pyridine rings is 1. The van der Waals surface area contributed by atoms with Crippen molar-refractivity contribution >= 4 is 16.6 Å².